The fraction of sp³-hybridized carbons (Fsp3) is 0.245. The highest BCUT2D eigenvalue weighted by Crippen LogP contribution is 2.38. The van der Waals surface area contributed by atoms with Gasteiger partial charge in [0.25, 0.3) is 37.5 Å². The number of nitro benzene ring substituents is 1. The summed E-state index contributed by atoms with van der Waals surface area (Å²) in [6.45, 7) is -5.63. The molecule has 2 atom stereocenters. The second-order valence-corrected chi connectivity index (χ2v) is 26.2. The molecule has 6 rings (SSSR count). The van der Waals surface area contributed by atoms with Gasteiger partial charge in [0.05, 0.1) is 59.2 Å². The summed E-state index contributed by atoms with van der Waals surface area (Å²) in [5.41, 5.74) is 1.92. The number of nitrogens with zero attached hydrogens (tertiary/aromatic N) is 7. The normalized spacial score (nSPS) is 12.1. The number of halogens is 8. The van der Waals surface area contributed by atoms with Crippen molar-refractivity contribution >= 4 is 102 Å². The molecular formula is C49H50ClF7N13O23PS3. The van der Waals surface area contributed by atoms with Gasteiger partial charge in [-0.1, -0.05) is 23.7 Å². The molecule has 2 unspecified atom stereocenters. The number of urea groups is 2. The molecule has 0 aliphatic carbocycles. The fourth-order valence-corrected chi connectivity index (χ4v) is 10.0. The first-order valence-electron chi connectivity index (χ1n) is 25.3. The molecule has 0 spiro atoms. The van der Waals surface area contributed by atoms with Crippen molar-refractivity contribution in [2.45, 2.75) is 41.8 Å². The lowest BCUT2D eigenvalue weighted by atomic mass is 10.1. The largest absolute Gasteiger partial charge is 0.481 e. The van der Waals surface area contributed by atoms with Crippen LogP contribution in [-0.4, -0.2) is 178 Å². The topological polar surface area (TPSA) is 526 Å². The van der Waals surface area contributed by atoms with Gasteiger partial charge >= 0.3 is 43.4 Å². The number of carbonyl (C=O) groups is 6. The molecule has 0 bridgehead atoms. The number of carbonyl (C=O) groups excluding carboxylic acids is 4. The van der Waals surface area contributed by atoms with Crippen molar-refractivity contribution in [3.05, 3.63) is 129 Å². The Bertz CT molecular complexity index is 4250. The van der Waals surface area contributed by atoms with E-state index in [9.17, 15) is 99.4 Å². The van der Waals surface area contributed by atoms with Crippen LogP contribution in [0.15, 0.2) is 101 Å². The number of rotatable bonds is 23. The minimum Gasteiger partial charge on any atom is -0.481 e. The van der Waals surface area contributed by atoms with Gasteiger partial charge in [-0.05, 0) is 55.0 Å². The van der Waals surface area contributed by atoms with Crippen molar-refractivity contribution in [3.63, 3.8) is 0 Å². The number of aromatic carboxylic acids is 1. The third-order valence-corrected chi connectivity index (χ3v) is 15.1. The van der Waals surface area contributed by atoms with Gasteiger partial charge in [0.1, 0.15) is 28.0 Å². The predicted octanol–water partition coefficient (Wildman–Crippen LogP) is 5.43. The average Bonchev–Trinajstić information content (AvgIpc) is 0.823. The number of benzene rings is 3. The summed E-state index contributed by atoms with van der Waals surface area (Å²) < 4.78 is 198. The molecule has 3 heterocycles. The second kappa shape index (κ2) is 34.8. The molecule has 0 aliphatic rings. The first kappa shape index (κ1) is 80.8. The number of carboxylic acid groups (broad SMARTS) is 2. The number of sulfonamides is 3. The summed E-state index contributed by atoms with van der Waals surface area (Å²) in [7, 11) is -10.7. The monoisotopic (exact) mass is 1480 g/mol. The van der Waals surface area contributed by atoms with Crippen LogP contribution in [-0.2, 0) is 45.6 Å². The molecule has 36 nitrogen and oxygen atoms in total. The Hall–Kier alpha value is -10.4. The third-order valence-electron chi connectivity index (χ3n) is 10.5. The van der Waals surface area contributed by atoms with E-state index in [1.807, 2.05) is 0 Å². The van der Waals surface area contributed by atoms with Crippen LogP contribution in [0.5, 0.6) is 35.0 Å². The molecule has 0 aliphatic heterocycles. The standard InChI is InChI=1S/C15H10ClF3N2O6S.C15H18N6O6S.C14H10F4N4O7S.C5H12NO4P/c1-28(25,26)20-14(22)10-7-9(3-4-12(10)21(23)24)27-13-5-2-8(6-11(13)16)15(17,18)19;1-21(2)13(22)9-6-5-7-16-12(9)28(24,25)20-15(23)19-14-17-10(26-3)8-11(18-14)27-4;15-11(16)28-8-5-9(29-12(17)18)20-13(19-8)21-14(25)22-30(26,27)7-4-2-1-3-6(7)10(23)24;1-11(9,10)3-2-4(6)5(7)8/h2-7H,1H3,(H,20,22);5-8H,1-4H3,(H2,17,18,19,20,23);1-5,11-12H,(H,23,24)(H2,19,20,21,22,25);4H,2-3,6H2,1H3,(H,7,8)(H,9,10). The number of hydrogen-bond donors (Lipinski definition) is 9. The minimum atomic E-state index is -4.71. The van der Waals surface area contributed by atoms with E-state index in [1.54, 1.807) is 14.8 Å². The van der Waals surface area contributed by atoms with Crippen LogP contribution in [0.25, 0.3) is 0 Å². The van der Waals surface area contributed by atoms with E-state index >= 15 is 0 Å². The van der Waals surface area contributed by atoms with Crippen LogP contribution in [0.1, 0.15) is 43.1 Å². The second-order valence-electron chi connectivity index (χ2n) is 18.3. The molecule has 0 saturated carbocycles. The molecule has 0 saturated heterocycles. The first-order chi connectivity index (χ1) is 44.8. The molecular weight excluding hydrogens is 1430 g/mol. The number of methoxy groups -OCH3 is 2. The highest BCUT2D eigenvalue weighted by molar-refractivity contribution is 7.90. The lowest BCUT2D eigenvalue weighted by Crippen LogP contribution is -2.36. The summed E-state index contributed by atoms with van der Waals surface area (Å²) >= 11 is 5.76. The molecule has 0 radical (unpaired) electrons. The maximum atomic E-state index is 12.7. The van der Waals surface area contributed by atoms with E-state index in [-0.39, 0.29) is 47.4 Å². The molecule has 48 heteroatoms. The summed E-state index contributed by atoms with van der Waals surface area (Å²) in [5.74, 6) is -7.93. The molecule has 3 aromatic heterocycles. The van der Waals surface area contributed by atoms with E-state index in [2.05, 4.69) is 39.7 Å². The average molecular weight is 1480 g/mol. The quantitative estimate of drug-likeness (QED) is 0.0167. The SMILES string of the molecule is COc1cc(OC)nc(NC(=O)NS(=O)(=O)c2ncccc2C(=O)N(C)C)n1.CP(=O)(O)CCC(N)C(=O)O.CS(=O)(=O)NC(=O)c1cc(Oc2ccc(C(F)(F)F)cc2Cl)ccc1[N+](=O)[O-].O=C(Nc1nc(OC(F)F)cc(OC(F)F)n1)NS(=O)(=O)c1ccccc1C(=O)O. The van der Waals surface area contributed by atoms with Gasteiger partial charge in [-0.25, -0.2) is 50.4 Å². The van der Waals surface area contributed by atoms with E-state index < -0.39 is 159 Å². The Balaban J connectivity index is 0.000000351. The van der Waals surface area contributed by atoms with Crippen LogP contribution in [0.2, 0.25) is 5.02 Å². The minimum absolute atomic E-state index is 0.0412. The zero-order valence-electron chi connectivity index (χ0n) is 49.7. The lowest BCUT2D eigenvalue weighted by molar-refractivity contribution is -0.385. The van der Waals surface area contributed by atoms with Crippen LogP contribution in [0, 0.1) is 10.1 Å². The maximum Gasteiger partial charge on any atom is 0.416 e. The smallest absolute Gasteiger partial charge is 0.416 e. The van der Waals surface area contributed by atoms with Crippen molar-refractivity contribution in [3.8, 4) is 35.0 Å². The number of aromatic nitrogens is 5. The number of aliphatic carboxylic acids is 1. The number of nitro groups is 1. The van der Waals surface area contributed by atoms with Crippen molar-refractivity contribution < 1.29 is 133 Å². The van der Waals surface area contributed by atoms with Crippen LogP contribution in [0.4, 0.5) is 57.9 Å². The zero-order valence-corrected chi connectivity index (χ0v) is 53.8. The van der Waals surface area contributed by atoms with Gasteiger partial charge in [0.2, 0.25) is 45.4 Å². The summed E-state index contributed by atoms with van der Waals surface area (Å²) in [5, 5.41) is 31.2. The van der Waals surface area contributed by atoms with Crippen molar-refractivity contribution in [1.29, 1.82) is 0 Å². The number of anilines is 2. The summed E-state index contributed by atoms with van der Waals surface area (Å²) in [6.07, 6.45) is -2.75. The van der Waals surface area contributed by atoms with Crippen molar-refractivity contribution in [1.82, 2.24) is 44.0 Å². The Morgan fingerprint density at radius 1 is 0.732 bits per heavy atom. The number of nitrogens with two attached hydrogens (primary N) is 1. The lowest BCUT2D eigenvalue weighted by Gasteiger charge is -2.14. The number of nitrogens with one attached hydrogen (secondary N) is 5. The molecule has 3 aromatic carbocycles. The van der Waals surface area contributed by atoms with Gasteiger partial charge in [0, 0.05) is 45.3 Å². The van der Waals surface area contributed by atoms with Gasteiger partial charge in [-0.3, -0.25) is 39.7 Å². The molecule has 6 aromatic rings. The first-order valence-corrected chi connectivity index (χ1v) is 32.8. The van der Waals surface area contributed by atoms with Crippen LogP contribution >= 0.6 is 19.0 Å². The van der Waals surface area contributed by atoms with E-state index in [0.717, 1.165) is 36.4 Å². The Kier molecular flexibility index (Phi) is 29.0. The fourth-order valence-electron chi connectivity index (χ4n) is 6.45. The third kappa shape index (κ3) is 27.1. The van der Waals surface area contributed by atoms with Crippen LogP contribution in [0.3, 0.4) is 0 Å². The molecule has 97 heavy (non-hydrogen) atoms. The van der Waals surface area contributed by atoms with E-state index in [0.29, 0.717) is 24.5 Å². The summed E-state index contributed by atoms with van der Waals surface area (Å²) in [4.78, 5) is 107. The van der Waals surface area contributed by atoms with Crippen molar-refractivity contribution in [2.75, 3.05) is 58.0 Å². The number of hydrogen-bond acceptors (Lipinski definition) is 26. The van der Waals surface area contributed by atoms with Gasteiger partial charge in [-0.2, -0.15) is 59.1 Å². The Morgan fingerprint density at radius 3 is 1.69 bits per heavy atom. The predicted molar refractivity (Wildman–Crippen MR) is 318 cm³/mol. The number of pyridine rings is 1. The molecule has 10 N–H and O–H groups in total. The highest BCUT2D eigenvalue weighted by atomic mass is 35.5. The Morgan fingerprint density at radius 2 is 1.24 bits per heavy atom. The summed E-state index contributed by atoms with van der Waals surface area (Å²) in [6, 6.07) is 10.2. The Labute approximate surface area is 546 Å². The zero-order chi connectivity index (χ0) is 73.7. The van der Waals surface area contributed by atoms with E-state index in [4.69, 9.17) is 46.7 Å². The van der Waals surface area contributed by atoms with Crippen LogP contribution < -0.4 is 54.2 Å². The number of ether oxygens (including phenoxy) is 5. The number of alkyl halides is 7. The van der Waals surface area contributed by atoms with Gasteiger partial charge < -0.3 is 49.4 Å². The van der Waals surface area contributed by atoms with Gasteiger partial charge in [0.15, 0.2) is 12.4 Å². The van der Waals surface area contributed by atoms with E-state index in [1.165, 1.54) is 81.1 Å². The number of amides is 6. The van der Waals surface area contributed by atoms with Gasteiger partial charge in [-0.15, -0.1) is 0 Å². The number of carboxylic acids is 2. The molecule has 6 amide bonds. The maximum absolute atomic E-state index is 12.7. The highest BCUT2D eigenvalue weighted by Gasteiger charge is 2.32. The molecule has 528 valence electrons. The molecule has 0 fully saturated rings. The van der Waals surface area contributed by atoms with Crippen molar-refractivity contribution in [2.24, 2.45) is 5.73 Å².